The fourth-order valence-electron chi connectivity index (χ4n) is 1.42. The van der Waals surface area contributed by atoms with Gasteiger partial charge in [-0.05, 0) is 34.9 Å². The zero-order valence-corrected chi connectivity index (χ0v) is 10.3. The molecule has 2 nitrogen and oxygen atoms in total. The van der Waals surface area contributed by atoms with Gasteiger partial charge in [-0.3, -0.25) is 4.98 Å². The molecule has 1 aromatic heterocycles. The molecule has 0 atom stereocenters. The smallest absolute Gasteiger partial charge is 0.0273 e. The first kappa shape index (κ1) is 14.9. The second-order valence-electron chi connectivity index (χ2n) is 3.14. The predicted octanol–water partition coefficient (Wildman–Crippen LogP) is 3.05. The van der Waals surface area contributed by atoms with Gasteiger partial charge in [-0.1, -0.05) is 18.2 Å². The Morgan fingerprint density at radius 2 is 1.62 bits per heavy atom. The van der Waals surface area contributed by atoms with Gasteiger partial charge in [-0.15, -0.1) is 24.8 Å². The lowest BCUT2D eigenvalue weighted by Gasteiger charge is -2.02. The van der Waals surface area contributed by atoms with Crippen molar-refractivity contribution < 1.29 is 0 Å². The SMILES string of the molecule is Cl.Cl.NCc1cccc(-c2ccncc2)c1. The third-order valence-electron chi connectivity index (χ3n) is 2.18. The number of benzene rings is 1. The Labute approximate surface area is 108 Å². The lowest BCUT2D eigenvalue weighted by Crippen LogP contribution is -1.95. The molecule has 0 spiro atoms. The van der Waals surface area contributed by atoms with Crippen LogP contribution in [0.25, 0.3) is 11.1 Å². The third kappa shape index (κ3) is 3.49. The van der Waals surface area contributed by atoms with Crippen molar-refractivity contribution in [1.29, 1.82) is 0 Å². The summed E-state index contributed by atoms with van der Waals surface area (Å²) in [5, 5.41) is 0. The van der Waals surface area contributed by atoms with Crippen LogP contribution in [0.5, 0.6) is 0 Å². The zero-order valence-electron chi connectivity index (χ0n) is 8.67. The van der Waals surface area contributed by atoms with Gasteiger partial charge in [0.05, 0.1) is 0 Å². The average Bonchev–Trinajstić information content (AvgIpc) is 2.30. The number of hydrogen-bond acceptors (Lipinski definition) is 2. The molecular formula is C12H14Cl2N2. The van der Waals surface area contributed by atoms with Gasteiger partial charge in [0.15, 0.2) is 0 Å². The quantitative estimate of drug-likeness (QED) is 0.898. The van der Waals surface area contributed by atoms with Crippen molar-refractivity contribution in [1.82, 2.24) is 4.98 Å². The number of nitrogens with two attached hydrogens (primary N) is 1. The Hall–Kier alpha value is -1.09. The molecule has 2 N–H and O–H groups in total. The summed E-state index contributed by atoms with van der Waals surface area (Å²) in [5.41, 5.74) is 9.10. The van der Waals surface area contributed by atoms with Gasteiger partial charge in [0.2, 0.25) is 0 Å². The Kier molecular flexibility index (Phi) is 6.74. The van der Waals surface area contributed by atoms with Crippen LogP contribution in [0.15, 0.2) is 48.8 Å². The lowest BCUT2D eigenvalue weighted by molar-refractivity contribution is 1.07. The van der Waals surface area contributed by atoms with E-state index in [4.69, 9.17) is 5.73 Å². The minimum atomic E-state index is 0. The summed E-state index contributed by atoms with van der Waals surface area (Å²) in [4.78, 5) is 3.99. The minimum absolute atomic E-state index is 0. The Balaban J connectivity index is 0.00000112. The van der Waals surface area contributed by atoms with E-state index in [2.05, 4.69) is 17.1 Å². The predicted molar refractivity (Wildman–Crippen MR) is 72.1 cm³/mol. The Morgan fingerprint density at radius 3 is 2.25 bits per heavy atom. The van der Waals surface area contributed by atoms with Crippen LogP contribution in [0.4, 0.5) is 0 Å². The van der Waals surface area contributed by atoms with Crippen molar-refractivity contribution >= 4 is 24.8 Å². The molecule has 0 aliphatic heterocycles. The maximum Gasteiger partial charge on any atom is 0.0273 e. The highest BCUT2D eigenvalue weighted by Crippen LogP contribution is 2.18. The monoisotopic (exact) mass is 256 g/mol. The highest BCUT2D eigenvalue weighted by molar-refractivity contribution is 5.85. The van der Waals surface area contributed by atoms with Crippen molar-refractivity contribution in [2.75, 3.05) is 0 Å². The van der Waals surface area contributed by atoms with E-state index in [-0.39, 0.29) is 24.8 Å². The molecule has 0 fully saturated rings. The molecule has 0 radical (unpaired) electrons. The zero-order chi connectivity index (χ0) is 9.80. The molecule has 16 heavy (non-hydrogen) atoms. The molecule has 1 heterocycles. The highest BCUT2D eigenvalue weighted by atomic mass is 35.5. The third-order valence-corrected chi connectivity index (χ3v) is 2.18. The molecule has 86 valence electrons. The van der Waals surface area contributed by atoms with E-state index in [1.54, 1.807) is 12.4 Å². The molecule has 0 bridgehead atoms. The van der Waals surface area contributed by atoms with E-state index >= 15 is 0 Å². The van der Waals surface area contributed by atoms with E-state index in [1.807, 2.05) is 24.3 Å². The van der Waals surface area contributed by atoms with E-state index in [1.165, 1.54) is 11.1 Å². The normalized spacial score (nSPS) is 8.81. The van der Waals surface area contributed by atoms with Crippen molar-refractivity contribution in [3.63, 3.8) is 0 Å². The minimum Gasteiger partial charge on any atom is -0.326 e. The number of pyridine rings is 1. The van der Waals surface area contributed by atoms with E-state index in [9.17, 15) is 0 Å². The van der Waals surface area contributed by atoms with Crippen molar-refractivity contribution in [2.45, 2.75) is 6.54 Å². The Bertz CT molecular complexity index is 418. The fraction of sp³-hybridized carbons (Fsp3) is 0.0833. The molecule has 0 amide bonds. The first-order valence-electron chi connectivity index (χ1n) is 4.59. The molecular weight excluding hydrogens is 243 g/mol. The molecule has 4 heteroatoms. The van der Waals surface area contributed by atoms with Crippen molar-refractivity contribution in [3.8, 4) is 11.1 Å². The lowest BCUT2D eigenvalue weighted by atomic mass is 10.0. The van der Waals surface area contributed by atoms with Gasteiger partial charge in [0, 0.05) is 18.9 Å². The maximum atomic E-state index is 5.58. The molecule has 0 aliphatic rings. The second kappa shape index (κ2) is 7.23. The number of rotatable bonds is 2. The van der Waals surface area contributed by atoms with Crippen LogP contribution in [0.1, 0.15) is 5.56 Å². The van der Waals surface area contributed by atoms with Gasteiger partial charge in [-0.2, -0.15) is 0 Å². The van der Waals surface area contributed by atoms with Crippen LogP contribution in [0.2, 0.25) is 0 Å². The topological polar surface area (TPSA) is 38.9 Å². The molecule has 2 rings (SSSR count). The van der Waals surface area contributed by atoms with Gasteiger partial charge in [-0.25, -0.2) is 0 Å². The molecule has 0 aliphatic carbocycles. The van der Waals surface area contributed by atoms with Crippen LogP contribution < -0.4 is 5.73 Å². The van der Waals surface area contributed by atoms with Crippen LogP contribution in [-0.4, -0.2) is 4.98 Å². The standard InChI is InChI=1S/C12H12N2.2ClH/c13-9-10-2-1-3-12(8-10)11-4-6-14-7-5-11;;/h1-8H,9,13H2;2*1H. The maximum absolute atomic E-state index is 5.58. The molecule has 0 unspecified atom stereocenters. The summed E-state index contributed by atoms with van der Waals surface area (Å²) in [6, 6.07) is 12.2. The largest absolute Gasteiger partial charge is 0.326 e. The van der Waals surface area contributed by atoms with Crippen LogP contribution >= 0.6 is 24.8 Å². The van der Waals surface area contributed by atoms with Crippen molar-refractivity contribution in [2.24, 2.45) is 5.73 Å². The number of hydrogen-bond donors (Lipinski definition) is 1. The van der Waals surface area contributed by atoms with Crippen LogP contribution in [-0.2, 0) is 6.54 Å². The average molecular weight is 257 g/mol. The van der Waals surface area contributed by atoms with E-state index in [0.717, 1.165) is 5.56 Å². The summed E-state index contributed by atoms with van der Waals surface area (Å²) in [6.45, 7) is 0.582. The molecule has 0 saturated carbocycles. The fourth-order valence-corrected chi connectivity index (χ4v) is 1.42. The summed E-state index contributed by atoms with van der Waals surface area (Å²) in [7, 11) is 0. The summed E-state index contributed by atoms with van der Waals surface area (Å²) in [6.07, 6.45) is 3.59. The first-order chi connectivity index (χ1) is 6.90. The van der Waals surface area contributed by atoms with Crippen molar-refractivity contribution in [3.05, 3.63) is 54.4 Å². The van der Waals surface area contributed by atoms with Crippen LogP contribution in [0.3, 0.4) is 0 Å². The van der Waals surface area contributed by atoms with Gasteiger partial charge in [0.25, 0.3) is 0 Å². The second-order valence-corrected chi connectivity index (χ2v) is 3.14. The molecule has 1 aromatic carbocycles. The number of aromatic nitrogens is 1. The van der Waals surface area contributed by atoms with Gasteiger partial charge in [0.1, 0.15) is 0 Å². The van der Waals surface area contributed by atoms with E-state index < -0.39 is 0 Å². The molecule has 0 saturated heterocycles. The highest BCUT2D eigenvalue weighted by Gasteiger charge is 1.96. The van der Waals surface area contributed by atoms with Gasteiger partial charge < -0.3 is 5.73 Å². The van der Waals surface area contributed by atoms with E-state index in [0.29, 0.717) is 6.54 Å². The van der Waals surface area contributed by atoms with Gasteiger partial charge >= 0.3 is 0 Å². The molecule has 2 aromatic rings. The number of nitrogens with zero attached hydrogens (tertiary/aromatic N) is 1. The first-order valence-corrected chi connectivity index (χ1v) is 4.59. The number of halogens is 2. The summed E-state index contributed by atoms with van der Waals surface area (Å²) < 4.78 is 0. The summed E-state index contributed by atoms with van der Waals surface area (Å²) in [5.74, 6) is 0. The summed E-state index contributed by atoms with van der Waals surface area (Å²) >= 11 is 0. The Morgan fingerprint density at radius 1 is 0.938 bits per heavy atom. The van der Waals surface area contributed by atoms with Crippen LogP contribution in [0, 0.1) is 0 Å².